The van der Waals surface area contributed by atoms with E-state index in [0.717, 1.165) is 27.6 Å². The number of aromatic nitrogens is 1. The lowest BCUT2D eigenvalue weighted by Crippen LogP contribution is -2.47. The van der Waals surface area contributed by atoms with E-state index < -0.39 is 29.4 Å². The van der Waals surface area contributed by atoms with E-state index in [1.165, 1.54) is 0 Å². The van der Waals surface area contributed by atoms with Gasteiger partial charge in [0.2, 0.25) is 5.91 Å². The lowest BCUT2D eigenvalue weighted by atomic mass is 9.79. The van der Waals surface area contributed by atoms with E-state index in [9.17, 15) is 19.2 Å². The molecule has 1 aromatic carbocycles. The number of nitrogens with zero attached hydrogens (tertiary/aromatic N) is 3. The Hall–Kier alpha value is -3.38. The van der Waals surface area contributed by atoms with Crippen LogP contribution in [0.5, 0.6) is 0 Å². The highest BCUT2D eigenvalue weighted by molar-refractivity contribution is 9.10. The second-order valence-electron chi connectivity index (χ2n) is 14.7. The van der Waals surface area contributed by atoms with Gasteiger partial charge in [-0.2, -0.15) is 0 Å². The van der Waals surface area contributed by atoms with E-state index in [0.29, 0.717) is 56.5 Å². The summed E-state index contributed by atoms with van der Waals surface area (Å²) in [5, 5.41) is 6.55. The van der Waals surface area contributed by atoms with Crippen LogP contribution in [0.3, 0.4) is 0 Å². The number of carbonyl (C=O) groups excluding carboxylic acids is 4. The largest absolute Gasteiger partial charge is 0.444 e. The molecule has 0 fully saturated rings. The van der Waals surface area contributed by atoms with Gasteiger partial charge in [-0.3, -0.25) is 19.1 Å². The fraction of sp³-hybridized carbons (Fsp3) is 0.611. The number of hydrogen-bond donors (Lipinski definition) is 2. The van der Waals surface area contributed by atoms with Crippen molar-refractivity contribution in [2.24, 2.45) is 5.92 Å². The molecule has 11 nitrogen and oxygen atoms in total. The number of ether oxygens (including phenoxy) is 2. The monoisotopic (exact) mass is 729 g/mol. The van der Waals surface area contributed by atoms with E-state index in [1.54, 1.807) is 46.1 Å². The van der Waals surface area contributed by atoms with Gasteiger partial charge in [0.05, 0.1) is 16.0 Å². The highest BCUT2D eigenvalue weighted by Crippen LogP contribution is 2.45. The minimum atomic E-state index is -0.884. The van der Waals surface area contributed by atoms with Crippen molar-refractivity contribution in [2.75, 3.05) is 33.2 Å². The van der Waals surface area contributed by atoms with Gasteiger partial charge < -0.3 is 25.0 Å². The molecule has 4 rings (SSSR count). The summed E-state index contributed by atoms with van der Waals surface area (Å²) in [6, 6.07) is 5.10. The summed E-state index contributed by atoms with van der Waals surface area (Å²) < 4.78 is 13.2. The highest BCUT2D eigenvalue weighted by atomic mass is 79.9. The molecule has 1 aliphatic heterocycles. The Morgan fingerprint density at radius 1 is 1.00 bits per heavy atom. The van der Waals surface area contributed by atoms with Crippen LogP contribution in [-0.4, -0.2) is 94.9 Å². The molecule has 0 spiro atoms. The first kappa shape index (κ1) is 37.4. The number of amides is 3. The molecule has 2 aliphatic rings. The molecule has 1 aromatic heterocycles. The zero-order valence-corrected chi connectivity index (χ0v) is 31.5. The first-order valence-corrected chi connectivity index (χ1v) is 17.8. The molecule has 12 heteroatoms. The summed E-state index contributed by atoms with van der Waals surface area (Å²) >= 11 is 3.79. The van der Waals surface area contributed by atoms with E-state index >= 15 is 0 Å². The average Bonchev–Trinajstić information content (AvgIpc) is 3.27. The van der Waals surface area contributed by atoms with Crippen LogP contribution in [0.15, 0.2) is 28.9 Å². The van der Waals surface area contributed by atoms with Crippen LogP contribution in [0.4, 0.5) is 9.59 Å². The van der Waals surface area contributed by atoms with Crippen LogP contribution in [0.25, 0.3) is 16.5 Å². The van der Waals surface area contributed by atoms with Crippen molar-refractivity contribution in [3.05, 3.63) is 40.0 Å². The minimum absolute atomic E-state index is 0.0549. The zero-order chi connectivity index (χ0) is 35.6. The van der Waals surface area contributed by atoms with Crippen molar-refractivity contribution in [3.8, 4) is 0 Å². The molecule has 1 unspecified atom stereocenters. The lowest BCUT2D eigenvalue weighted by molar-refractivity contribution is -0.134. The second-order valence-corrected chi connectivity index (χ2v) is 15.4. The molecule has 2 N–H and O–H groups in total. The van der Waals surface area contributed by atoms with Gasteiger partial charge >= 0.3 is 12.2 Å². The number of carbonyl (C=O) groups is 4. The van der Waals surface area contributed by atoms with Gasteiger partial charge in [0, 0.05) is 37.6 Å². The summed E-state index contributed by atoms with van der Waals surface area (Å²) in [4.78, 5) is 57.0. The molecule has 3 amide bonds. The Bertz CT molecular complexity index is 1560. The molecule has 2 aromatic rings. The zero-order valence-electron chi connectivity index (χ0n) is 29.9. The Balaban J connectivity index is 1.64. The first-order valence-electron chi connectivity index (χ1n) is 17.0. The van der Waals surface area contributed by atoms with Gasteiger partial charge in [-0.25, -0.2) is 9.59 Å². The maximum absolute atomic E-state index is 14.4. The number of hydrogen-bond acceptors (Lipinski definition) is 7. The predicted molar refractivity (Wildman–Crippen MR) is 191 cm³/mol. The molecule has 0 bridgehead atoms. The second kappa shape index (κ2) is 15.0. The van der Waals surface area contributed by atoms with E-state index in [4.69, 9.17) is 9.47 Å². The van der Waals surface area contributed by atoms with Gasteiger partial charge in [0.25, 0.3) is 5.91 Å². The Kier molecular flexibility index (Phi) is 11.7. The van der Waals surface area contributed by atoms with Crippen molar-refractivity contribution in [1.29, 1.82) is 0 Å². The molecule has 1 aliphatic carbocycles. The fourth-order valence-electron chi connectivity index (χ4n) is 6.57. The van der Waals surface area contributed by atoms with Crippen LogP contribution in [-0.2, 0) is 20.7 Å². The molecule has 3 atom stereocenters. The normalized spacial score (nSPS) is 18.4. The topological polar surface area (TPSA) is 122 Å². The molecule has 2 heterocycles. The van der Waals surface area contributed by atoms with Crippen LogP contribution >= 0.6 is 15.9 Å². The van der Waals surface area contributed by atoms with Crippen molar-refractivity contribution < 1.29 is 28.7 Å². The predicted octanol–water partition coefficient (Wildman–Crippen LogP) is 6.37. The van der Waals surface area contributed by atoms with E-state index in [1.807, 2.05) is 30.9 Å². The summed E-state index contributed by atoms with van der Waals surface area (Å²) in [6.45, 7) is 17.1. The van der Waals surface area contributed by atoms with Gasteiger partial charge in [-0.15, -0.1) is 0 Å². The Labute approximate surface area is 292 Å². The Morgan fingerprint density at radius 2 is 1.65 bits per heavy atom. The van der Waals surface area contributed by atoms with Crippen molar-refractivity contribution in [3.63, 3.8) is 0 Å². The van der Waals surface area contributed by atoms with Crippen molar-refractivity contribution in [1.82, 2.24) is 25.0 Å². The summed E-state index contributed by atoms with van der Waals surface area (Å²) in [5.74, 6) is -0.414. The quantitative estimate of drug-likeness (QED) is 0.273. The molecule has 0 radical (unpaired) electrons. The number of nitrogens with one attached hydrogen (secondary N) is 2. The van der Waals surface area contributed by atoms with Gasteiger partial charge in [0.1, 0.15) is 17.2 Å². The summed E-state index contributed by atoms with van der Waals surface area (Å²) in [5.41, 5.74) is 2.54. The van der Waals surface area contributed by atoms with Gasteiger partial charge in [0.15, 0.2) is 0 Å². The molecule has 48 heavy (non-hydrogen) atoms. The third-order valence-corrected chi connectivity index (χ3v) is 9.52. The van der Waals surface area contributed by atoms with Gasteiger partial charge in [-0.1, -0.05) is 18.2 Å². The SMILES string of the molecule is CCN(CC)C(=O)[C@@H]1C=C2c3cccc4c3c(c(Br)n4C(=O)[C@H](CCCCNC(=O)OC(C)(C)C)NC(=O)OC(C)(C)C)CC2N(C)C1. The van der Waals surface area contributed by atoms with Crippen molar-refractivity contribution >= 4 is 56.4 Å². The van der Waals surface area contributed by atoms with Gasteiger partial charge in [-0.05, 0) is 127 Å². The number of benzene rings is 1. The summed E-state index contributed by atoms with van der Waals surface area (Å²) in [6.07, 6.45) is 3.10. The number of fused-ring (bicyclic) bond motifs is 2. The lowest BCUT2D eigenvalue weighted by Gasteiger charge is -2.40. The average molecular weight is 731 g/mol. The maximum Gasteiger partial charge on any atom is 0.408 e. The smallest absolute Gasteiger partial charge is 0.408 e. The third kappa shape index (κ3) is 8.61. The number of rotatable bonds is 10. The molecular formula is C36H52BrN5O6. The van der Waals surface area contributed by atoms with Crippen LogP contribution < -0.4 is 10.6 Å². The molecule has 0 saturated carbocycles. The fourth-order valence-corrected chi connectivity index (χ4v) is 7.30. The third-order valence-electron chi connectivity index (χ3n) is 8.68. The first-order chi connectivity index (χ1) is 22.5. The highest BCUT2D eigenvalue weighted by Gasteiger charge is 2.39. The maximum atomic E-state index is 14.4. The van der Waals surface area contributed by atoms with Crippen LogP contribution in [0, 0.1) is 5.92 Å². The number of alkyl carbamates (subject to hydrolysis) is 2. The number of likely N-dealkylation sites (N-methyl/N-ethyl adjacent to an activating group) is 1. The van der Waals surface area contributed by atoms with Crippen LogP contribution in [0.1, 0.15) is 90.6 Å². The number of unbranched alkanes of at least 4 members (excludes halogenated alkanes) is 1. The molecule has 0 saturated heterocycles. The summed E-state index contributed by atoms with van der Waals surface area (Å²) in [7, 11) is 2.06. The molecular weight excluding hydrogens is 678 g/mol. The number of halogens is 1. The van der Waals surface area contributed by atoms with Crippen LogP contribution in [0.2, 0.25) is 0 Å². The van der Waals surface area contributed by atoms with E-state index in [2.05, 4.69) is 50.7 Å². The minimum Gasteiger partial charge on any atom is -0.444 e. The standard InChI is InChI=1S/C36H52BrN5O6/c1-10-41(11-2)31(43)22-19-24-23-15-14-17-27-29(23)25(20-28(24)40(9)21-22)30(37)42(27)32(44)26(39-34(46)48-36(6,7)8)16-12-13-18-38-33(45)47-35(3,4)5/h14-15,17,19,22,26,28H,10-13,16,18,20-21H2,1-9H3,(H,38,45)(H,39,46)/t22-,26+,28?/m1/s1. The molecule has 264 valence electrons. The van der Waals surface area contributed by atoms with Crippen molar-refractivity contribution in [2.45, 2.75) is 104 Å². The van der Waals surface area contributed by atoms with E-state index in [-0.39, 0.29) is 23.8 Å². The Morgan fingerprint density at radius 3 is 2.27 bits per heavy atom.